The van der Waals surface area contributed by atoms with Crippen LogP contribution in [-0.4, -0.2) is 5.91 Å². The predicted molar refractivity (Wildman–Crippen MR) is 49.5 cm³/mol. The summed E-state index contributed by atoms with van der Waals surface area (Å²) in [6, 6.07) is 0. The molecule has 2 nitrogen and oxygen atoms in total. The average molecular weight is 172 g/mol. The van der Waals surface area contributed by atoms with Crippen LogP contribution in [0.3, 0.4) is 0 Å². The Balaban J connectivity index is 3.47. The number of carbonyl (C=O) groups is 1. The Hall–Kier alpha value is -0.790. The molecule has 0 aromatic heterocycles. The quantitative estimate of drug-likeness (QED) is 0.595. The van der Waals surface area contributed by atoms with Gasteiger partial charge in [-0.1, -0.05) is 27.4 Å². The van der Waals surface area contributed by atoms with Gasteiger partial charge in [-0.25, -0.2) is 0 Å². The Morgan fingerprint density at radius 2 is 2.42 bits per heavy atom. The van der Waals surface area contributed by atoms with Crippen LogP contribution in [-0.2, 0) is 4.79 Å². The molecule has 2 unspecified atom stereocenters. The second kappa shape index (κ2) is 2.92. The van der Waals surface area contributed by atoms with Crippen molar-refractivity contribution in [1.29, 1.82) is 0 Å². The highest BCUT2D eigenvalue weighted by molar-refractivity contribution is 5.82. The van der Waals surface area contributed by atoms with Crippen molar-refractivity contribution in [2.45, 2.75) is 33.5 Å². The third-order valence-electron chi connectivity index (χ3n) is 1.59. The van der Waals surface area contributed by atoms with Gasteiger partial charge in [0.15, 0.2) is 1.41 Å². The first-order valence-electron chi connectivity index (χ1n) is 6.36. The molecule has 0 aliphatic carbocycles. The molecule has 2 atom stereocenters. The number of hydrogen-bond acceptors (Lipinski definition) is 1. The zero-order valence-corrected chi connectivity index (χ0v) is 7.64. The van der Waals surface area contributed by atoms with E-state index < -0.39 is 30.0 Å². The van der Waals surface area contributed by atoms with Gasteiger partial charge in [0.05, 0.1) is 0 Å². The molecule has 0 saturated carbocycles. The molecule has 0 aromatic rings. The average Bonchev–Trinajstić information content (AvgIpc) is 2.20. The number of amides is 1. The van der Waals surface area contributed by atoms with Gasteiger partial charge in [-0.3, -0.25) is 4.79 Å². The largest absolute Gasteiger partial charge is 0.330 e. The van der Waals surface area contributed by atoms with E-state index in [0.29, 0.717) is 5.31 Å². The van der Waals surface area contributed by atoms with E-state index in [-0.39, 0.29) is 5.70 Å². The Labute approximate surface area is 81.1 Å². The van der Waals surface area contributed by atoms with Gasteiger partial charge in [0.25, 0.3) is 0 Å². The fourth-order valence-electron chi connectivity index (χ4n) is 0.973. The normalized spacial score (nSPS) is 48.8. The van der Waals surface area contributed by atoms with Crippen LogP contribution in [0.5, 0.6) is 0 Å². The van der Waals surface area contributed by atoms with Crippen molar-refractivity contribution in [2.24, 2.45) is 11.3 Å². The van der Waals surface area contributed by atoms with E-state index in [1.165, 1.54) is 0 Å². The van der Waals surface area contributed by atoms with Gasteiger partial charge in [0, 0.05) is 17.1 Å². The minimum absolute atomic E-state index is 0.230. The number of piperidine rings is 1. The summed E-state index contributed by atoms with van der Waals surface area (Å²) in [5.74, 6) is -3.14. The van der Waals surface area contributed by atoms with Crippen molar-refractivity contribution in [3.8, 4) is 0 Å². The van der Waals surface area contributed by atoms with Gasteiger partial charge < -0.3 is 5.31 Å². The highest BCUT2D eigenvalue weighted by Crippen LogP contribution is 2.33. The Morgan fingerprint density at radius 1 is 1.83 bits per heavy atom. The molecule has 12 heavy (non-hydrogen) atoms. The van der Waals surface area contributed by atoms with Crippen molar-refractivity contribution < 1.29 is 11.7 Å². The van der Waals surface area contributed by atoms with Crippen LogP contribution in [0.4, 0.5) is 0 Å². The number of rotatable bonds is 0. The summed E-state index contributed by atoms with van der Waals surface area (Å²) in [7, 11) is 0. The molecule has 0 aromatic carbocycles. The molecule has 68 valence electrons. The Morgan fingerprint density at radius 3 is 2.92 bits per heavy atom. The molecule has 0 bridgehead atoms. The maximum absolute atomic E-state index is 12.0. The van der Waals surface area contributed by atoms with Gasteiger partial charge in [-0.05, 0) is 18.2 Å². The number of carbonyl (C=O) groups excluding carboxylic acids is 1. The first-order chi connectivity index (χ1) is 7.39. The van der Waals surface area contributed by atoms with Gasteiger partial charge in [0.1, 0.15) is 0 Å². The fraction of sp³-hybridized carbons (Fsp3) is 0.700. The fourth-order valence-corrected chi connectivity index (χ4v) is 0.973. The van der Waals surface area contributed by atoms with Crippen molar-refractivity contribution in [3.63, 3.8) is 0 Å². The maximum atomic E-state index is 12.0. The van der Waals surface area contributed by atoms with Crippen LogP contribution < -0.4 is 5.31 Å². The Bertz CT molecular complexity index is 375. The van der Waals surface area contributed by atoms with Gasteiger partial charge in [-0.2, -0.15) is 0 Å². The van der Waals surface area contributed by atoms with Gasteiger partial charge in [-0.15, -0.1) is 0 Å². The number of nitrogens with one attached hydrogen (secondary N) is 1. The molecule has 1 amide bonds. The van der Waals surface area contributed by atoms with Crippen LogP contribution in [0, 0.1) is 11.3 Å². The van der Waals surface area contributed by atoms with Crippen LogP contribution in [0.1, 0.15) is 39.0 Å². The van der Waals surface area contributed by atoms with Crippen LogP contribution in [0.2, 0.25) is 1.41 Å². The first kappa shape index (κ1) is 4.45. The van der Waals surface area contributed by atoms with Crippen LogP contribution in [0.25, 0.3) is 0 Å². The van der Waals surface area contributed by atoms with E-state index >= 15 is 0 Å². The molecule has 0 spiro atoms. The van der Waals surface area contributed by atoms with Crippen molar-refractivity contribution in [3.05, 3.63) is 12.3 Å². The summed E-state index contributed by atoms with van der Waals surface area (Å²) < 4.78 is 39.2. The molecule has 2 heteroatoms. The molecule has 1 fully saturated rings. The lowest BCUT2D eigenvalue weighted by Crippen LogP contribution is -2.41. The lowest BCUT2D eigenvalue weighted by molar-refractivity contribution is -0.129. The highest BCUT2D eigenvalue weighted by Gasteiger charge is 2.33. The predicted octanol–water partition coefficient (Wildman–Crippen LogP) is 2.07. The van der Waals surface area contributed by atoms with E-state index in [4.69, 9.17) is 6.89 Å². The van der Waals surface area contributed by atoms with E-state index in [2.05, 4.69) is 6.58 Å². The minimum Gasteiger partial charge on any atom is -0.330 e. The standard InChI is InChI=1S/C10H17NO/c1-7-5-6-8(9(12)11-7)10(2,3)4/h8H,1,5-6H2,2-4H3,(H,11,12)/i5D,6D2,8D/hD. The molecule has 1 rings (SSSR count). The molecule has 1 heterocycles. The molecule has 1 saturated heterocycles. The third kappa shape index (κ3) is 1.87. The second-order valence-electron chi connectivity index (χ2n) is 3.82. The molecule has 1 aliphatic heterocycles. The van der Waals surface area contributed by atoms with E-state index in [0.717, 1.165) is 0 Å². The molecule has 1 aliphatic rings. The topological polar surface area (TPSA) is 29.1 Å². The Kier molecular flexibility index (Phi) is 1.08. The smallest absolute Gasteiger partial charge is 0.227 e. The van der Waals surface area contributed by atoms with Gasteiger partial charge >= 0.3 is 0 Å². The molecular formula is C10H17NO. The lowest BCUT2D eigenvalue weighted by Gasteiger charge is -2.33. The van der Waals surface area contributed by atoms with Crippen LogP contribution >= 0.6 is 0 Å². The van der Waals surface area contributed by atoms with Crippen molar-refractivity contribution >= 4 is 5.91 Å². The highest BCUT2D eigenvalue weighted by atomic mass is 16.2. The monoisotopic (exact) mass is 172 g/mol. The van der Waals surface area contributed by atoms with Crippen molar-refractivity contribution in [1.82, 2.24) is 5.31 Å². The van der Waals surface area contributed by atoms with Crippen molar-refractivity contribution in [2.75, 3.05) is 0 Å². The van der Waals surface area contributed by atoms with Gasteiger partial charge in [0.2, 0.25) is 5.91 Å². The summed E-state index contributed by atoms with van der Waals surface area (Å²) in [6.07, 6.45) is -3.87. The first-order valence-corrected chi connectivity index (χ1v) is 3.83. The number of allylic oxidation sites excluding steroid dienone is 1. The van der Waals surface area contributed by atoms with E-state index in [9.17, 15) is 4.79 Å². The molecular weight excluding hydrogens is 150 g/mol. The minimum atomic E-state index is -2.38. The summed E-state index contributed by atoms with van der Waals surface area (Å²) in [6.45, 7) is 8.06. The maximum Gasteiger partial charge on any atom is 0.227 e. The summed E-state index contributed by atoms with van der Waals surface area (Å²) in [5, 5.41) is 0.386. The summed E-state index contributed by atoms with van der Waals surface area (Å²) >= 11 is 0. The zero-order chi connectivity index (χ0) is 13.8. The van der Waals surface area contributed by atoms with E-state index in [1.54, 1.807) is 20.8 Å². The molecule has 0 radical (unpaired) electrons. The summed E-state index contributed by atoms with van der Waals surface area (Å²) in [5.41, 5.74) is -1.25. The zero-order valence-electron chi connectivity index (χ0n) is 12.6. The van der Waals surface area contributed by atoms with E-state index in [1.807, 2.05) is 0 Å². The number of hydrogen-bond donors (Lipinski definition) is 1. The molecule has 1 N–H and O–H groups in total. The third-order valence-corrected chi connectivity index (χ3v) is 1.59. The summed E-state index contributed by atoms with van der Waals surface area (Å²) in [4.78, 5) is 12.0. The SMILES string of the molecule is [2H]C1C(=C)N([2H])C(=O)C([2H])(C(C)(C)C)C1([2H])[2H]. The van der Waals surface area contributed by atoms with Crippen LogP contribution in [0.15, 0.2) is 12.3 Å². The lowest BCUT2D eigenvalue weighted by atomic mass is 9.76. The second-order valence-corrected chi connectivity index (χ2v) is 3.82.